The van der Waals surface area contributed by atoms with Crippen LogP contribution in [0.15, 0.2) is 82.7 Å². The topological polar surface area (TPSA) is 93.2 Å². The van der Waals surface area contributed by atoms with Crippen LogP contribution < -0.4 is 5.43 Å². The summed E-state index contributed by atoms with van der Waals surface area (Å²) in [5.41, 5.74) is -5.20. The predicted molar refractivity (Wildman–Crippen MR) is 110 cm³/mol. The third kappa shape index (κ3) is 3.79. The highest BCUT2D eigenvalue weighted by Crippen LogP contribution is 2.61. The molecular formula is C20H14F4N4O3S. The fraction of sp³-hybridized carbons (Fsp3) is 0.0500. The summed E-state index contributed by atoms with van der Waals surface area (Å²) in [6.07, 6.45) is 2.67. The second-order valence-electron chi connectivity index (χ2n) is 6.54. The van der Waals surface area contributed by atoms with E-state index in [1.165, 1.54) is 64.2 Å². The van der Waals surface area contributed by atoms with Crippen molar-refractivity contribution in [3.05, 3.63) is 89.1 Å². The molecule has 7 nitrogen and oxygen atoms in total. The van der Waals surface area contributed by atoms with E-state index in [1.807, 2.05) is 0 Å². The minimum absolute atomic E-state index is 0.0723. The van der Waals surface area contributed by atoms with Crippen molar-refractivity contribution in [1.82, 2.24) is 19.6 Å². The van der Waals surface area contributed by atoms with Gasteiger partial charge in [0.25, 0.3) is 0 Å². The Labute approximate surface area is 179 Å². The number of hydrogen-bond acceptors (Lipinski definition) is 5. The Morgan fingerprint density at radius 2 is 1.62 bits per heavy atom. The smallest absolute Gasteiger partial charge is 0.288 e. The molecule has 0 aliphatic heterocycles. The van der Waals surface area contributed by atoms with Crippen LogP contribution in [0.4, 0.5) is 17.6 Å². The van der Waals surface area contributed by atoms with Crippen molar-refractivity contribution >= 4 is 10.6 Å². The Kier molecular flexibility index (Phi) is 5.36. The summed E-state index contributed by atoms with van der Waals surface area (Å²) in [6.45, 7) is 0. The normalized spacial score (nSPS) is 12.7. The first-order valence-electron chi connectivity index (χ1n) is 8.94. The van der Waals surface area contributed by atoms with Gasteiger partial charge < -0.3 is 0 Å². The Balaban J connectivity index is 1.76. The molecule has 0 spiro atoms. The first-order valence-corrected chi connectivity index (χ1v) is 10.5. The molecule has 32 heavy (non-hydrogen) atoms. The van der Waals surface area contributed by atoms with Crippen molar-refractivity contribution < 1.29 is 26.7 Å². The Bertz CT molecular complexity index is 1330. The molecule has 0 fully saturated rings. The lowest BCUT2D eigenvalue weighted by Gasteiger charge is -2.33. The van der Waals surface area contributed by atoms with Crippen LogP contribution in [0.2, 0.25) is 0 Å². The maximum atomic E-state index is 14.2. The molecule has 2 aromatic heterocycles. The van der Waals surface area contributed by atoms with E-state index >= 15 is 0 Å². The highest BCUT2D eigenvalue weighted by molar-refractivity contribution is 8.25. The molecule has 0 amide bonds. The summed E-state index contributed by atoms with van der Waals surface area (Å²) < 4.78 is 74.1. The maximum Gasteiger partial charge on any atom is 0.500 e. The Hall–Kier alpha value is -3.48. The van der Waals surface area contributed by atoms with Crippen LogP contribution in [-0.2, 0) is 0 Å². The molecule has 0 aliphatic carbocycles. The van der Waals surface area contributed by atoms with Crippen LogP contribution in [0, 0.1) is 5.82 Å². The van der Waals surface area contributed by atoms with Gasteiger partial charge in [-0.2, -0.15) is 23.4 Å². The van der Waals surface area contributed by atoms with Crippen molar-refractivity contribution in [2.75, 3.05) is 0 Å². The van der Waals surface area contributed by atoms with E-state index in [2.05, 4.69) is 10.2 Å². The van der Waals surface area contributed by atoms with Crippen LogP contribution in [0.3, 0.4) is 0 Å². The molecule has 2 aromatic carbocycles. The number of hydrogen-bond donors (Lipinski definition) is 2. The molecule has 0 aliphatic rings. The molecule has 2 heterocycles. The standard InChI is InChI=1S/C20H14F4N4O3S/c21-15-3-1-2-4-16(15)28-17(9-11-25-28)19-18(29)10-12-27(26-19)13-5-7-14(8-6-13)32(30,31)20(22,23)24/h1-12,30-31H. The summed E-state index contributed by atoms with van der Waals surface area (Å²) in [5.74, 6) is -0.562. The van der Waals surface area contributed by atoms with Gasteiger partial charge in [0.2, 0.25) is 5.43 Å². The highest BCUT2D eigenvalue weighted by atomic mass is 32.3. The largest absolute Gasteiger partial charge is 0.500 e. The van der Waals surface area contributed by atoms with E-state index in [9.17, 15) is 31.5 Å². The van der Waals surface area contributed by atoms with Crippen LogP contribution in [0.1, 0.15) is 0 Å². The fourth-order valence-corrected chi connectivity index (χ4v) is 3.73. The SMILES string of the molecule is O=c1ccn(-c2ccc(S(O)(O)C(F)(F)F)cc2)nc1-c1ccnn1-c1ccccc1F. The van der Waals surface area contributed by atoms with Crippen molar-refractivity contribution in [2.24, 2.45) is 0 Å². The molecule has 4 aromatic rings. The number of rotatable bonds is 4. The second-order valence-corrected chi connectivity index (χ2v) is 8.57. The van der Waals surface area contributed by atoms with Gasteiger partial charge in [-0.1, -0.05) is 22.7 Å². The number of nitrogens with zero attached hydrogens (tertiary/aromatic N) is 4. The molecule has 2 N–H and O–H groups in total. The number of alkyl halides is 3. The molecular weight excluding hydrogens is 452 g/mol. The van der Waals surface area contributed by atoms with Gasteiger partial charge in [0.05, 0.1) is 22.5 Å². The molecule has 0 saturated heterocycles. The van der Waals surface area contributed by atoms with Gasteiger partial charge in [0, 0.05) is 12.3 Å². The molecule has 0 bridgehead atoms. The van der Waals surface area contributed by atoms with Crippen LogP contribution in [0.5, 0.6) is 0 Å². The highest BCUT2D eigenvalue weighted by Gasteiger charge is 2.46. The van der Waals surface area contributed by atoms with Crippen molar-refractivity contribution in [3.63, 3.8) is 0 Å². The minimum Gasteiger partial charge on any atom is -0.288 e. The van der Waals surface area contributed by atoms with Crippen LogP contribution >= 0.6 is 10.6 Å². The number of para-hydroxylation sites is 1. The molecule has 0 radical (unpaired) electrons. The fourth-order valence-electron chi connectivity index (χ4n) is 2.95. The minimum atomic E-state index is -5.21. The van der Waals surface area contributed by atoms with E-state index < -0.39 is 32.2 Å². The summed E-state index contributed by atoms with van der Waals surface area (Å²) >= 11 is 0. The monoisotopic (exact) mass is 466 g/mol. The first-order chi connectivity index (χ1) is 15.1. The van der Waals surface area contributed by atoms with Gasteiger partial charge in [-0.25, -0.2) is 13.8 Å². The van der Waals surface area contributed by atoms with E-state index in [0.717, 1.165) is 12.1 Å². The molecule has 12 heteroatoms. The summed E-state index contributed by atoms with van der Waals surface area (Å²) in [7, 11) is -4.99. The molecule has 0 saturated carbocycles. The zero-order valence-corrected chi connectivity index (χ0v) is 16.8. The third-order valence-electron chi connectivity index (χ3n) is 4.53. The van der Waals surface area contributed by atoms with Crippen LogP contribution in [0.25, 0.3) is 22.8 Å². The summed E-state index contributed by atoms with van der Waals surface area (Å²) in [4.78, 5) is 11.8. The van der Waals surface area contributed by atoms with Gasteiger partial charge in [-0.3, -0.25) is 13.9 Å². The molecule has 166 valence electrons. The van der Waals surface area contributed by atoms with Gasteiger partial charge in [-0.05, 0) is 42.5 Å². The molecule has 0 unspecified atom stereocenters. The molecule has 0 atom stereocenters. The third-order valence-corrected chi connectivity index (χ3v) is 6.10. The number of halogens is 4. The first kappa shape index (κ1) is 21.7. The maximum absolute atomic E-state index is 14.2. The number of benzene rings is 2. The van der Waals surface area contributed by atoms with E-state index in [-0.39, 0.29) is 22.8 Å². The predicted octanol–water partition coefficient (Wildman–Crippen LogP) is 4.85. The summed E-state index contributed by atoms with van der Waals surface area (Å²) in [5, 5.41) is 8.28. The second kappa shape index (κ2) is 7.89. The lowest BCUT2D eigenvalue weighted by Crippen LogP contribution is -2.19. The van der Waals surface area contributed by atoms with Gasteiger partial charge in [-0.15, -0.1) is 0 Å². The van der Waals surface area contributed by atoms with E-state index in [4.69, 9.17) is 0 Å². The van der Waals surface area contributed by atoms with E-state index in [1.54, 1.807) is 6.07 Å². The Morgan fingerprint density at radius 3 is 2.28 bits per heavy atom. The summed E-state index contributed by atoms with van der Waals surface area (Å²) in [6, 6.07) is 12.7. The van der Waals surface area contributed by atoms with Crippen molar-refractivity contribution in [3.8, 4) is 22.8 Å². The average molecular weight is 466 g/mol. The van der Waals surface area contributed by atoms with Crippen molar-refractivity contribution in [2.45, 2.75) is 10.4 Å². The zero-order valence-electron chi connectivity index (χ0n) is 15.9. The van der Waals surface area contributed by atoms with Gasteiger partial charge in [0.1, 0.15) is 11.5 Å². The van der Waals surface area contributed by atoms with Crippen LogP contribution in [-0.4, -0.2) is 34.2 Å². The van der Waals surface area contributed by atoms with Gasteiger partial charge >= 0.3 is 5.51 Å². The Morgan fingerprint density at radius 1 is 0.938 bits per heavy atom. The van der Waals surface area contributed by atoms with E-state index in [0.29, 0.717) is 0 Å². The number of aromatic nitrogens is 4. The molecule has 4 rings (SSSR count). The quantitative estimate of drug-likeness (QED) is 0.420. The lowest BCUT2D eigenvalue weighted by atomic mass is 10.2. The average Bonchev–Trinajstić information content (AvgIpc) is 3.23. The van der Waals surface area contributed by atoms with Crippen molar-refractivity contribution in [1.29, 1.82) is 0 Å². The zero-order chi connectivity index (χ0) is 23.1. The van der Waals surface area contributed by atoms with Gasteiger partial charge in [0.15, 0.2) is 5.69 Å². The lowest BCUT2D eigenvalue weighted by molar-refractivity contribution is -0.0527.